The molecule has 0 aliphatic rings. The monoisotopic (exact) mass is 180 g/mol. The zero-order chi connectivity index (χ0) is 10.0. The molecule has 3 heteroatoms. The van der Waals surface area contributed by atoms with Crippen molar-refractivity contribution in [1.82, 2.24) is 4.98 Å². The summed E-state index contributed by atoms with van der Waals surface area (Å²) in [5.41, 5.74) is 7.60. The average Bonchev–Trinajstić information content (AvgIpc) is 2.08. The summed E-state index contributed by atoms with van der Waals surface area (Å²) in [6, 6.07) is 1.85. The van der Waals surface area contributed by atoms with E-state index < -0.39 is 0 Å². The Morgan fingerprint density at radius 2 is 2.08 bits per heavy atom. The Balaban J connectivity index is 3.04. The summed E-state index contributed by atoms with van der Waals surface area (Å²) >= 11 is 0. The van der Waals surface area contributed by atoms with Gasteiger partial charge in [-0.25, -0.2) is 0 Å². The second kappa shape index (κ2) is 3.75. The Bertz CT molecular complexity index is 341. The second-order valence-corrected chi connectivity index (χ2v) is 3.71. The van der Waals surface area contributed by atoms with Crippen LogP contribution < -0.4 is 11.3 Å². The van der Waals surface area contributed by atoms with Crippen molar-refractivity contribution >= 4 is 0 Å². The lowest BCUT2D eigenvalue weighted by Gasteiger charge is -2.15. The van der Waals surface area contributed by atoms with Crippen LogP contribution in [0.3, 0.4) is 0 Å². The minimum Gasteiger partial charge on any atom is -0.329 e. The van der Waals surface area contributed by atoms with Crippen LogP contribution in [0.5, 0.6) is 0 Å². The highest BCUT2D eigenvalue weighted by atomic mass is 16.1. The third-order valence-electron chi connectivity index (χ3n) is 2.21. The van der Waals surface area contributed by atoms with E-state index in [1.165, 1.54) is 0 Å². The molecule has 1 rings (SSSR count). The smallest absolute Gasteiger partial charge is 0.250 e. The van der Waals surface area contributed by atoms with Crippen LogP contribution in [-0.4, -0.2) is 4.98 Å². The maximum atomic E-state index is 11.1. The topological polar surface area (TPSA) is 58.9 Å². The standard InChI is InChI=1S/C10H16N2O/c1-6(2)9(11)8-4-7(3)10(13)12-5-8/h4-6,9H,11H2,1-3H3,(H,12,13)/t9-/m1/s1. The average molecular weight is 180 g/mol. The fourth-order valence-electron chi connectivity index (χ4n) is 1.20. The molecule has 1 aromatic rings. The van der Waals surface area contributed by atoms with Gasteiger partial charge < -0.3 is 10.7 Å². The molecule has 0 amide bonds. The minimum atomic E-state index is -0.0419. The molecule has 0 aromatic carbocycles. The van der Waals surface area contributed by atoms with Gasteiger partial charge in [-0.3, -0.25) is 4.79 Å². The fraction of sp³-hybridized carbons (Fsp3) is 0.500. The first kappa shape index (κ1) is 9.99. The maximum absolute atomic E-state index is 11.1. The Morgan fingerprint density at radius 1 is 1.46 bits per heavy atom. The van der Waals surface area contributed by atoms with E-state index in [1.54, 1.807) is 13.1 Å². The molecule has 1 atom stereocenters. The molecular weight excluding hydrogens is 164 g/mol. The van der Waals surface area contributed by atoms with Crippen LogP contribution in [0.4, 0.5) is 0 Å². The molecule has 0 fully saturated rings. The SMILES string of the molecule is Cc1cc([C@H](N)C(C)C)c[nH]c1=O. The molecule has 0 saturated carbocycles. The van der Waals surface area contributed by atoms with Crippen LogP contribution in [0.25, 0.3) is 0 Å². The highest BCUT2D eigenvalue weighted by molar-refractivity contribution is 5.20. The molecule has 1 aromatic heterocycles. The van der Waals surface area contributed by atoms with Crippen LogP contribution in [0.15, 0.2) is 17.1 Å². The molecule has 1 heterocycles. The van der Waals surface area contributed by atoms with E-state index in [-0.39, 0.29) is 11.6 Å². The molecule has 13 heavy (non-hydrogen) atoms. The van der Waals surface area contributed by atoms with Gasteiger partial charge in [0.15, 0.2) is 0 Å². The molecule has 0 aliphatic carbocycles. The van der Waals surface area contributed by atoms with Gasteiger partial charge in [0.25, 0.3) is 5.56 Å². The molecule has 0 unspecified atom stereocenters. The molecule has 0 bridgehead atoms. The Hall–Kier alpha value is -1.09. The molecule has 72 valence electrons. The van der Waals surface area contributed by atoms with Crippen LogP contribution in [-0.2, 0) is 0 Å². The zero-order valence-corrected chi connectivity index (χ0v) is 8.29. The lowest BCUT2D eigenvalue weighted by molar-refractivity contribution is 0.512. The van der Waals surface area contributed by atoms with Gasteiger partial charge in [-0.15, -0.1) is 0 Å². The van der Waals surface area contributed by atoms with Gasteiger partial charge in [0.1, 0.15) is 0 Å². The number of H-pyrrole nitrogens is 1. The fourth-order valence-corrected chi connectivity index (χ4v) is 1.20. The van der Waals surface area contributed by atoms with Crippen molar-refractivity contribution in [3.8, 4) is 0 Å². The quantitative estimate of drug-likeness (QED) is 0.721. The predicted octanol–water partition coefficient (Wildman–Crippen LogP) is 1.34. The van der Waals surface area contributed by atoms with Crippen molar-refractivity contribution in [2.75, 3.05) is 0 Å². The lowest BCUT2D eigenvalue weighted by atomic mass is 9.98. The van der Waals surface area contributed by atoms with Crippen molar-refractivity contribution in [2.24, 2.45) is 11.7 Å². The Kier molecular flexibility index (Phi) is 2.88. The maximum Gasteiger partial charge on any atom is 0.250 e. The van der Waals surface area contributed by atoms with E-state index in [1.807, 2.05) is 6.07 Å². The first-order valence-corrected chi connectivity index (χ1v) is 4.47. The summed E-state index contributed by atoms with van der Waals surface area (Å²) in [6.07, 6.45) is 1.69. The van der Waals surface area contributed by atoms with Gasteiger partial charge in [-0.1, -0.05) is 13.8 Å². The molecule has 0 spiro atoms. The van der Waals surface area contributed by atoms with E-state index in [0.717, 1.165) is 5.56 Å². The first-order valence-electron chi connectivity index (χ1n) is 4.47. The van der Waals surface area contributed by atoms with Crippen LogP contribution in [0, 0.1) is 12.8 Å². The van der Waals surface area contributed by atoms with Crippen molar-refractivity contribution < 1.29 is 0 Å². The number of hydrogen-bond acceptors (Lipinski definition) is 2. The number of aryl methyl sites for hydroxylation is 1. The summed E-state index contributed by atoms with van der Waals surface area (Å²) in [5.74, 6) is 0.380. The number of pyridine rings is 1. The van der Waals surface area contributed by atoms with E-state index >= 15 is 0 Å². The lowest BCUT2D eigenvalue weighted by Crippen LogP contribution is -2.19. The number of aromatic amines is 1. The van der Waals surface area contributed by atoms with Crippen molar-refractivity contribution in [3.05, 3.63) is 33.7 Å². The van der Waals surface area contributed by atoms with Gasteiger partial charge >= 0.3 is 0 Å². The van der Waals surface area contributed by atoms with E-state index in [0.29, 0.717) is 11.5 Å². The van der Waals surface area contributed by atoms with Gasteiger partial charge in [-0.2, -0.15) is 0 Å². The summed E-state index contributed by atoms with van der Waals surface area (Å²) in [5, 5.41) is 0. The molecule has 0 saturated heterocycles. The van der Waals surface area contributed by atoms with Crippen LogP contribution in [0.1, 0.15) is 31.0 Å². The first-order chi connectivity index (χ1) is 6.02. The van der Waals surface area contributed by atoms with Crippen LogP contribution >= 0.6 is 0 Å². The van der Waals surface area contributed by atoms with E-state index in [9.17, 15) is 4.79 Å². The number of aromatic nitrogens is 1. The highest BCUT2D eigenvalue weighted by Gasteiger charge is 2.10. The van der Waals surface area contributed by atoms with Gasteiger partial charge in [-0.05, 0) is 24.5 Å². The molecule has 3 nitrogen and oxygen atoms in total. The predicted molar refractivity (Wildman–Crippen MR) is 53.6 cm³/mol. The summed E-state index contributed by atoms with van der Waals surface area (Å²) in [4.78, 5) is 13.7. The van der Waals surface area contributed by atoms with Gasteiger partial charge in [0.05, 0.1) is 0 Å². The number of nitrogens with two attached hydrogens (primary N) is 1. The zero-order valence-electron chi connectivity index (χ0n) is 8.29. The van der Waals surface area contributed by atoms with Crippen molar-refractivity contribution in [3.63, 3.8) is 0 Å². The second-order valence-electron chi connectivity index (χ2n) is 3.71. The molecule has 3 N–H and O–H groups in total. The third-order valence-corrected chi connectivity index (χ3v) is 2.21. The number of rotatable bonds is 2. The Labute approximate surface area is 78.0 Å². The van der Waals surface area contributed by atoms with Gasteiger partial charge in [0.2, 0.25) is 0 Å². The Morgan fingerprint density at radius 3 is 2.54 bits per heavy atom. The number of nitrogens with one attached hydrogen (secondary N) is 1. The van der Waals surface area contributed by atoms with Gasteiger partial charge in [0, 0.05) is 17.8 Å². The summed E-state index contributed by atoms with van der Waals surface area (Å²) in [6.45, 7) is 5.91. The van der Waals surface area contributed by atoms with E-state index in [2.05, 4.69) is 18.8 Å². The summed E-state index contributed by atoms with van der Waals surface area (Å²) in [7, 11) is 0. The molecular formula is C10H16N2O. The van der Waals surface area contributed by atoms with Crippen LogP contribution in [0.2, 0.25) is 0 Å². The minimum absolute atomic E-state index is 0.00412. The summed E-state index contributed by atoms with van der Waals surface area (Å²) < 4.78 is 0. The third kappa shape index (κ3) is 2.18. The van der Waals surface area contributed by atoms with Crippen molar-refractivity contribution in [1.29, 1.82) is 0 Å². The molecule has 0 aliphatic heterocycles. The number of hydrogen-bond donors (Lipinski definition) is 2. The van der Waals surface area contributed by atoms with E-state index in [4.69, 9.17) is 5.73 Å². The molecule has 0 radical (unpaired) electrons. The van der Waals surface area contributed by atoms with Crippen molar-refractivity contribution in [2.45, 2.75) is 26.8 Å². The largest absolute Gasteiger partial charge is 0.329 e. The normalized spacial score (nSPS) is 13.3. The highest BCUT2D eigenvalue weighted by Crippen LogP contribution is 2.17.